The minimum absolute atomic E-state index is 0.532. The molecule has 6 nitrogen and oxygen atoms in total. The minimum atomic E-state index is 0.532. The Hall–Kier alpha value is -2.47. The summed E-state index contributed by atoms with van der Waals surface area (Å²) in [5.74, 6) is 1.24. The summed E-state index contributed by atoms with van der Waals surface area (Å²) in [5.41, 5.74) is 3.16. The Morgan fingerprint density at radius 3 is 3.19 bits per heavy atom. The molecule has 21 heavy (non-hydrogen) atoms. The molecule has 106 valence electrons. The molecule has 0 spiro atoms. The molecule has 3 aromatic rings. The Kier molecular flexibility index (Phi) is 3.01. The number of fused-ring (bicyclic) bond motifs is 1. The van der Waals surface area contributed by atoms with Crippen LogP contribution in [-0.4, -0.2) is 33.6 Å². The van der Waals surface area contributed by atoms with E-state index < -0.39 is 0 Å². The molecule has 0 unspecified atom stereocenters. The van der Waals surface area contributed by atoms with Gasteiger partial charge in [-0.15, -0.1) is 0 Å². The Bertz CT molecular complexity index is 803. The van der Waals surface area contributed by atoms with Gasteiger partial charge in [0, 0.05) is 11.8 Å². The number of ether oxygens (including phenoxy) is 1. The van der Waals surface area contributed by atoms with Crippen LogP contribution in [0.2, 0.25) is 0 Å². The molecule has 1 aliphatic heterocycles. The number of hydrogen-bond acceptors (Lipinski definition) is 5. The number of aromatic nitrogens is 4. The minimum Gasteiger partial charge on any atom is -0.377 e. The predicted molar refractivity (Wildman–Crippen MR) is 76.6 cm³/mol. The van der Waals surface area contributed by atoms with Gasteiger partial charge in [-0.3, -0.25) is 5.10 Å². The fourth-order valence-electron chi connectivity index (χ4n) is 2.52. The van der Waals surface area contributed by atoms with Crippen LogP contribution >= 0.6 is 0 Å². The molecule has 0 saturated carbocycles. The zero-order valence-electron chi connectivity index (χ0n) is 11.4. The smallest absolute Gasteiger partial charge is 0.258 e. The molecule has 0 aliphatic carbocycles. The fraction of sp³-hybridized carbons (Fsp3) is 0.267. The van der Waals surface area contributed by atoms with Crippen LogP contribution in [-0.2, 0) is 11.2 Å². The Morgan fingerprint density at radius 2 is 2.29 bits per heavy atom. The zero-order chi connectivity index (χ0) is 14.1. The summed E-state index contributed by atoms with van der Waals surface area (Å²) < 4.78 is 10.7. The van der Waals surface area contributed by atoms with Crippen LogP contribution in [0.25, 0.3) is 22.4 Å². The summed E-state index contributed by atoms with van der Waals surface area (Å²) in [5, 5.41) is 12.1. The van der Waals surface area contributed by atoms with Crippen molar-refractivity contribution < 1.29 is 9.26 Å². The Labute approximate surface area is 120 Å². The molecule has 0 radical (unpaired) electrons. The van der Waals surface area contributed by atoms with Crippen molar-refractivity contribution in [3.63, 3.8) is 0 Å². The van der Waals surface area contributed by atoms with Crippen molar-refractivity contribution in [3.8, 4) is 11.5 Å². The van der Waals surface area contributed by atoms with E-state index >= 15 is 0 Å². The van der Waals surface area contributed by atoms with Crippen molar-refractivity contribution in [2.45, 2.75) is 12.8 Å². The van der Waals surface area contributed by atoms with Gasteiger partial charge in [0.25, 0.3) is 5.89 Å². The van der Waals surface area contributed by atoms with E-state index in [0.29, 0.717) is 24.7 Å². The van der Waals surface area contributed by atoms with Crippen LogP contribution in [0.5, 0.6) is 0 Å². The number of benzene rings is 1. The van der Waals surface area contributed by atoms with Crippen molar-refractivity contribution in [2.24, 2.45) is 0 Å². The quantitative estimate of drug-likeness (QED) is 0.747. The highest BCUT2D eigenvalue weighted by Gasteiger charge is 2.14. The number of nitrogens with zero attached hydrogens (tertiary/aromatic N) is 3. The Balaban J connectivity index is 1.65. The van der Waals surface area contributed by atoms with Crippen LogP contribution in [0.3, 0.4) is 0 Å². The van der Waals surface area contributed by atoms with E-state index in [1.807, 2.05) is 18.2 Å². The Morgan fingerprint density at radius 1 is 1.29 bits per heavy atom. The van der Waals surface area contributed by atoms with Crippen LogP contribution < -0.4 is 0 Å². The molecule has 0 bridgehead atoms. The largest absolute Gasteiger partial charge is 0.377 e. The fourth-order valence-corrected chi connectivity index (χ4v) is 2.52. The predicted octanol–water partition coefficient (Wildman–Crippen LogP) is 2.50. The summed E-state index contributed by atoms with van der Waals surface area (Å²) in [7, 11) is 0. The highest BCUT2D eigenvalue weighted by Crippen LogP contribution is 2.26. The zero-order valence-corrected chi connectivity index (χ0v) is 11.4. The van der Waals surface area contributed by atoms with Crippen molar-refractivity contribution in [1.29, 1.82) is 0 Å². The van der Waals surface area contributed by atoms with Crippen LogP contribution in [0, 0.1) is 0 Å². The van der Waals surface area contributed by atoms with E-state index in [9.17, 15) is 0 Å². The monoisotopic (exact) mass is 282 g/mol. The summed E-state index contributed by atoms with van der Waals surface area (Å²) in [4.78, 5) is 4.50. The van der Waals surface area contributed by atoms with E-state index in [1.54, 1.807) is 6.20 Å². The molecule has 0 atom stereocenters. The third-order valence-corrected chi connectivity index (χ3v) is 3.63. The van der Waals surface area contributed by atoms with E-state index in [0.717, 1.165) is 29.5 Å². The lowest BCUT2D eigenvalue weighted by Gasteiger charge is -2.11. The van der Waals surface area contributed by atoms with Crippen molar-refractivity contribution in [1.82, 2.24) is 20.3 Å². The first-order valence-electron chi connectivity index (χ1n) is 6.91. The van der Waals surface area contributed by atoms with Gasteiger partial charge in [0.2, 0.25) is 0 Å². The maximum atomic E-state index is 5.41. The first-order chi connectivity index (χ1) is 10.4. The van der Waals surface area contributed by atoms with Gasteiger partial charge >= 0.3 is 0 Å². The maximum Gasteiger partial charge on any atom is 0.258 e. The van der Waals surface area contributed by atoms with Gasteiger partial charge < -0.3 is 9.26 Å². The van der Waals surface area contributed by atoms with Gasteiger partial charge in [0.05, 0.1) is 30.5 Å². The average Bonchev–Trinajstić information content (AvgIpc) is 3.16. The van der Waals surface area contributed by atoms with Crippen molar-refractivity contribution >= 4 is 10.9 Å². The molecule has 0 saturated heterocycles. The van der Waals surface area contributed by atoms with Crippen molar-refractivity contribution in [2.75, 3.05) is 13.2 Å². The second-order valence-corrected chi connectivity index (χ2v) is 5.02. The van der Waals surface area contributed by atoms with Crippen molar-refractivity contribution in [3.05, 3.63) is 41.9 Å². The van der Waals surface area contributed by atoms with Gasteiger partial charge in [-0.05, 0) is 18.6 Å². The van der Waals surface area contributed by atoms with Crippen LogP contribution in [0.1, 0.15) is 12.2 Å². The first kappa shape index (κ1) is 12.3. The lowest BCUT2D eigenvalue weighted by molar-refractivity contribution is 0.153. The molecule has 4 rings (SSSR count). The number of hydrogen-bond donors (Lipinski definition) is 1. The van der Waals surface area contributed by atoms with Gasteiger partial charge in [-0.1, -0.05) is 22.9 Å². The third-order valence-electron chi connectivity index (χ3n) is 3.63. The standard InChI is InChI=1S/C15H14N4O2/c1-2-11(12-9-16-18-13(12)3-1)15-17-14(19-21-15)8-10-4-6-20-7-5-10/h1-4,9H,5-8H2,(H,16,18). The van der Waals surface area contributed by atoms with E-state index in [2.05, 4.69) is 26.4 Å². The van der Waals surface area contributed by atoms with Gasteiger partial charge in [-0.25, -0.2) is 0 Å². The molecule has 1 N–H and O–H groups in total. The molecular formula is C15H14N4O2. The summed E-state index contributed by atoms with van der Waals surface area (Å²) >= 11 is 0. The summed E-state index contributed by atoms with van der Waals surface area (Å²) in [6.07, 6.45) is 5.52. The first-order valence-corrected chi connectivity index (χ1v) is 6.91. The average molecular weight is 282 g/mol. The third kappa shape index (κ3) is 2.34. The van der Waals surface area contributed by atoms with E-state index in [1.165, 1.54) is 5.57 Å². The molecule has 1 aliphatic rings. The van der Waals surface area contributed by atoms with E-state index in [-0.39, 0.29) is 0 Å². The lowest BCUT2D eigenvalue weighted by atomic mass is 10.1. The highest BCUT2D eigenvalue weighted by molar-refractivity contribution is 5.91. The molecule has 0 amide bonds. The maximum absolute atomic E-state index is 5.41. The van der Waals surface area contributed by atoms with Gasteiger partial charge in [-0.2, -0.15) is 10.1 Å². The lowest BCUT2D eigenvalue weighted by Crippen LogP contribution is -2.06. The molecule has 2 aromatic heterocycles. The number of aromatic amines is 1. The number of H-pyrrole nitrogens is 1. The SMILES string of the molecule is C1=C(Cc2noc(-c3cccc4[nH]ncc34)n2)CCOC1. The second-order valence-electron chi connectivity index (χ2n) is 5.02. The molecular weight excluding hydrogens is 268 g/mol. The number of rotatable bonds is 3. The topological polar surface area (TPSA) is 76.8 Å². The van der Waals surface area contributed by atoms with Gasteiger partial charge in [0.1, 0.15) is 0 Å². The van der Waals surface area contributed by atoms with Gasteiger partial charge in [0.15, 0.2) is 5.82 Å². The summed E-state index contributed by atoms with van der Waals surface area (Å²) in [6.45, 7) is 1.44. The highest BCUT2D eigenvalue weighted by atomic mass is 16.5. The van der Waals surface area contributed by atoms with E-state index in [4.69, 9.17) is 9.26 Å². The van der Waals surface area contributed by atoms with Crippen LogP contribution in [0.4, 0.5) is 0 Å². The molecule has 1 aromatic carbocycles. The second kappa shape index (κ2) is 5.14. The number of nitrogens with one attached hydrogen (secondary N) is 1. The summed E-state index contributed by atoms with van der Waals surface area (Å²) in [6, 6.07) is 5.87. The molecule has 3 heterocycles. The molecule has 6 heteroatoms. The molecule has 0 fully saturated rings. The van der Waals surface area contributed by atoms with Crippen LogP contribution in [0.15, 0.2) is 40.6 Å². The normalized spacial score (nSPS) is 15.3.